The number of hydrogen-bond donors (Lipinski definition) is 1. The summed E-state index contributed by atoms with van der Waals surface area (Å²) in [6, 6.07) is 13.8. The molecule has 0 spiro atoms. The van der Waals surface area contributed by atoms with Gasteiger partial charge in [-0.05, 0) is 55.5 Å². The number of aromatic nitrogens is 1. The Labute approximate surface area is 178 Å². The van der Waals surface area contributed by atoms with E-state index in [0.29, 0.717) is 34.6 Å². The van der Waals surface area contributed by atoms with E-state index in [4.69, 9.17) is 4.74 Å². The van der Waals surface area contributed by atoms with Crippen molar-refractivity contribution < 1.29 is 13.9 Å². The fourth-order valence-corrected chi connectivity index (χ4v) is 5.63. The lowest BCUT2D eigenvalue weighted by Gasteiger charge is -2.38. The maximum Gasteiger partial charge on any atom is 0.279 e. The molecule has 5 rings (SSSR count). The number of fused-ring (bicyclic) bond motifs is 3. The highest BCUT2D eigenvalue weighted by atomic mass is 32.1. The van der Waals surface area contributed by atoms with Crippen molar-refractivity contribution in [1.82, 2.24) is 15.2 Å². The Morgan fingerprint density at radius 3 is 2.63 bits per heavy atom. The number of amides is 1. The fourth-order valence-electron chi connectivity index (χ4n) is 4.82. The predicted octanol–water partition coefficient (Wildman–Crippen LogP) is 4.86. The van der Waals surface area contributed by atoms with Crippen LogP contribution in [-0.4, -0.2) is 33.9 Å². The maximum atomic E-state index is 13.3. The first-order valence-corrected chi connectivity index (χ1v) is 11.2. The van der Waals surface area contributed by atoms with E-state index in [2.05, 4.69) is 27.3 Å². The zero-order valence-electron chi connectivity index (χ0n) is 16.8. The molecule has 5 nitrogen and oxygen atoms in total. The van der Waals surface area contributed by atoms with Gasteiger partial charge in [-0.25, -0.2) is 9.37 Å². The molecular weight excluding hydrogens is 401 g/mol. The lowest BCUT2D eigenvalue weighted by atomic mass is 9.97. The van der Waals surface area contributed by atoms with Gasteiger partial charge in [0.2, 0.25) is 5.91 Å². The molecule has 3 heterocycles. The Bertz CT molecular complexity index is 1050. The van der Waals surface area contributed by atoms with Gasteiger partial charge in [0.25, 0.3) is 5.19 Å². The summed E-state index contributed by atoms with van der Waals surface area (Å²) < 4.78 is 20.1. The van der Waals surface area contributed by atoms with Crippen molar-refractivity contribution in [3.63, 3.8) is 0 Å². The van der Waals surface area contributed by atoms with Gasteiger partial charge < -0.3 is 15.0 Å². The number of nitrogens with zero attached hydrogens (tertiary/aromatic N) is 2. The molecule has 0 radical (unpaired) electrons. The van der Waals surface area contributed by atoms with Gasteiger partial charge in [0.05, 0.1) is 10.2 Å². The number of rotatable bonds is 5. The summed E-state index contributed by atoms with van der Waals surface area (Å²) in [5.74, 6) is 0.636. The van der Waals surface area contributed by atoms with Crippen molar-refractivity contribution in [3.05, 3.63) is 53.8 Å². The van der Waals surface area contributed by atoms with Crippen LogP contribution in [0.25, 0.3) is 10.2 Å². The Morgan fingerprint density at radius 2 is 1.93 bits per heavy atom. The second kappa shape index (κ2) is 7.96. The first kappa shape index (κ1) is 19.5. The van der Waals surface area contributed by atoms with Gasteiger partial charge in [-0.15, -0.1) is 0 Å². The van der Waals surface area contributed by atoms with Crippen LogP contribution in [-0.2, 0) is 11.3 Å². The molecule has 2 aromatic carbocycles. The van der Waals surface area contributed by atoms with Gasteiger partial charge in [-0.2, -0.15) is 0 Å². The molecule has 2 aliphatic heterocycles. The summed E-state index contributed by atoms with van der Waals surface area (Å²) in [5, 5.41) is 4.17. The van der Waals surface area contributed by atoms with E-state index in [0.717, 1.165) is 36.9 Å². The minimum atomic E-state index is -0.295. The molecule has 0 unspecified atom stereocenters. The molecule has 3 atom stereocenters. The first-order valence-electron chi connectivity index (χ1n) is 10.4. The molecule has 1 aromatic heterocycles. The standard InChI is InChI=1S/C23H24FN3O2S/c1-14(28)27-18-5-6-19(27)12-17(11-18)25-13-15-2-7-20(8-3-15)29-23-26-21-10-16(24)4-9-22(21)30-23/h2-4,7-10,17-19,25H,5-6,11-13H2,1H3/t17-,18-,19+. The van der Waals surface area contributed by atoms with Gasteiger partial charge in [0.1, 0.15) is 11.6 Å². The van der Waals surface area contributed by atoms with E-state index in [1.54, 1.807) is 13.0 Å². The van der Waals surface area contributed by atoms with Crippen LogP contribution in [0.3, 0.4) is 0 Å². The minimum absolute atomic E-state index is 0.217. The monoisotopic (exact) mass is 425 g/mol. The quantitative estimate of drug-likeness (QED) is 0.634. The van der Waals surface area contributed by atoms with Crippen LogP contribution in [0.15, 0.2) is 42.5 Å². The molecule has 2 saturated heterocycles. The van der Waals surface area contributed by atoms with Gasteiger partial charge in [-0.1, -0.05) is 23.5 Å². The van der Waals surface area contributed by atoms with E-state index in [1.165, 1.54) is 29.0 Å². The van der Waals surface area contributed by atoms with Crippen molar-refractivity contribution in [1.29, 1.82) is 0 Å². The molecule has 1 N–H and O–H groups in total. The number of hydrogen-bond acceptors (Lipinski definition) is 5. The molecule has 0 saturated carbocycles. The number of halogens is 1. The summed E-state index contributed by atoms with van der Waals surface area (Å²) in [7, 11) is 0. The summed E-state index contributed by atoms with van der Waals surface area (Å²) in [6.07, 6.45) is 4.34. The van der Waals surface area contributed by atoms with Crippen molar-refractivity contribution >= 4 is 27.5 Å². The van der Waals surface area contributed by atoms with Crippen LogP contribution in [0, 0.1) is 5.82 Å². The number of carbonyl (C=O) groups excluding carboxylic acids is 1. The molecule has 2 aliphatic rings. The lowest BCUT2D eigenvalue weighted by Crippen LogP contribution is -2.50. The number of carbonyl (C=O) groups is 1. The van der Waals surface area contributed by atoms with Gasteiger partial charge in [0.15, 0.2) is 0 Å². The van der Waals surface area contributed by atoms with Crippen molar-refractivity contribution in [2.75, 3.05) is 0 Å². The topological polar surface area (TPSA) is 54.5 Å². The van der Waals surface area contributed by atoms with Crippen molar-refractivity contribution in [2.24, 2.45) is 0 Å². The van der Waals surface area contributed by atoms with E-state index in [9.17, 15) is 9.18 Å². The largest absolute Gasteiger partial charge is 0.431 e. The third-order valence-electron chi connectivity index (χ3n) is 6.15. The van der Waals surface area contributed by atoms with Crippen LogP contribution in [0.1, 0.15) is 38.2 Å². The van der Waals surface area contributed by atoms with E-state index in [1.807, 2.05) is 12.1 Å². The smallest absolute Gasteiger partial charge is 0.279 e. The Balaban J connectivity index is 1.17. The molecule has 0 aliphatic carbocycles. The van der Waals surface area contributed by atoms with E-state index >= 15 is 0 Å². The van der Waals surface area contributed by atoms with Gasteiger partial charge in [-0.3, -0.25) is 4.79 Å². The SMILES string of the molecule is CC(=O)N1[C@@H]2CC[C@H]1C[C@H](NCc1ccc(Oc3nc4cc(F)ccc4s3)cc1)C2. The maximum absolute atomic E-state index is 13.3. The average Bonchev–Trinajstić information content (AvgIpc) is 3.24. The van der Waals surface area contributed by atoms with E-state index in [-0.39, 0.29) is 11.7 Å². The van der Waals surface area contributed by atoms with Crippen LogP contribution in [0.2, 0.25) is 0 Å². The van der Waals surface area contributed by atoms with Gasteiger partial charge >= 0.3 is 0 Å². The van der Waals surface area contributed by atoms with Crippen LogP contribution in [0.5, 0.6) is 10.9 Å². The number of thiazole rings is 1. The minimum Gasteiger partial charge on any atom is -0.431 e. The second-order valence-corrected chi connectivity index (χ2v) is 9.19. The predicted molar refractivity (Wildman–Crippen MR) is 115 cm³/mol. The first-order chi connectivity index (χ1) is 14.5. The Hall–Kier alpha value is -2.51. The molecule has 2 fully saturated rings. The third-order valence-corrected chi connectivity index (χ3v) is 7.06. The Kier molecular flexibility index (Phi) is 5.16. The zero-order chi connectivity index (χ0) is 20.7. The van der Waals surface area contributed by atoms with Crippen molar-refractivity contribution in [3.8, 4) is 10.9 Å². The zero-order valence-corrected chi connectivity index (χ0v) is 17.6. The van der Waals surface area contributed by atoms with Crippen molar-refractivity contribution in [2.45, 2.75) is 57.3 Å². The third kappa shape index (κ3) is 3.91. The Morgan fingerprint density at radius 1 is 1.20 bits per heavy atom. The van der Waals surface area contributed by atoms with E-state index < -0.39 is 0 Å². The number of nitrogens with one attached hydrogen (secondary N) is 1. The van der Waals surface area contributed by atoms with Crippen LogP contribution in [0.4, 0.5) is 4.39 Å². The van der Waals surface area contributed by atoms with Gasteiger partial charge in [0, 0.05) is 37.7 Å². The van der Waals surface area contributed by atoms with Crippen LogP contribution >= 0.6 is 11.3 Å². The molecular formula is C23H24FN3O2S. The fraction of sp³-hybridized carbons (Fsp3) is 0.391. The molecule has 1 amide bonds. The second-order valence-electron chi connectivity index (χ2n) is 8.20. The molecule has 30 heavy (non-hydrogen) atoms. The summed E-state index contributed by atoms with van der Waals surface area (Å²) >= 11 is 1.40. The molecule has 7 heteroatoms. The normalized spacial score (nSPS) is 23.1. The molecule has 3 aromatic rings. The number of ether oxygens (including phenoxy) is 1. The average molecular weight is 426 g/mol. The summed E-state index contributed by atoms with van der Waals surface area (Å²) in [6.45, 7) is 2.49. The highest BCUT2D eigenvalue weighted by Crippen LogP contribution is 2.36. The number of piperidine rings is 1. The highest BCUT2D eigenvalue weighted by Gasteiger charge is 2.41. The van der Waals surface area contributed by atoms with Crippen LogP contribution < -0.4 is 10.1 Å². The highest BCUT2D eigenvalue weighted by molar-refractivity contribution is 7.20. The molecule has 156 valence electrons. The number of benzene rings is 2. The summed E-state index contributed by atoms with van der Waals surface area (Å²) in [4.78, 5) is 18.3. The molecule has 2 bridgehead atoms. The lowest BCUT2D eigenvalue weighted by molar-refractivity contribution is -0.133. The summed E-state index contributed by atoms with van der Waals surface area (Å²) in [5.41, 5.74) is 1.80.